The zero-order chi connectivity index (χ0) is 36.8. The molecule has 278 valence electrons. The van der Waals surface area contributed by atoms with Crippen LogP contribution in [0.4, 0.5) is 0 Å². The predicted molar refractivity (Wildman–Crippen MR) is 186 cm³/mol. The van der Waals surface area contributed by atoms with Gasteiger partial charge in [0.25, 0.3) is 0 Å². The van der Waals surface area contributed by atoms with Crippen molar-refractivity contribution in [1.82, 2.24) is 0 Å². The van der Waals surface area contributed by atoms with Crippen molar-refractivity contribution >= 4 is 23.7 Å². The number of allylic oxidation sites excluding steroid dienone is 3. The summed E-state index contributed by atoms with van der Waals surface area (Å²) < 4.78 is 29.4. The molecule has 9 heteroatoms. The molecular weight excluding hydrogens is 636 g/mol. The minimum atomic E-state index is -0.706. The Labute approximate surface area is 298 Å². The summed E-state index contributed by atoms with van der Waals surface area (Å²) in [6.07, 6.45) is 9.02. The molecule has 0 aromatic carbocycles. The molecule has 0 radical (unpaired) electrons. The van der Waals surface area contributed by atoms with Gasteiger partial charge in [-0.3, -0.25) is 19.2 Å². The lowest BCUT2D eigenvalue weighted by atomic mass is 9.34. The minimum absolute atomic E-state index is 0.0633. The first-order valence-electron chi connectivity index (χ1n) is 18.9. The molecule has 0 aromatic heterocycles. The van der Waals surface area contributed by atoms with E-state index >= 15 is 0 Å². The van der Waals surface area contributed by atoms with E-state index in [9.17, 15) is 19.2 Å². The molecule has 1 saturated heterocycles. The van der Waals surface area contributed by atoms with Gasteiger partial charge in [0.1, 0.15) is 6.10 Å². The Morgan fingerprint density at radius 1 is 0.840 bits per heavy atom. The molecule has 0 bridgehead atoms. The summed E-state index contributed by atoms with van der Waals surface area (Å²) in [5.74, 6) is -0.778. The molecule has 50 heavy (non-hydrogen) atoms. The smallest absolute Gasteiger partial charge is 0.315 e. The first kappa shape index (κ1) is 37.2. The van der Waals surface area contributed by atoms with Crippen LogP contribution in [0.3, 0.4) is 0 Å². The second-order valence-electron chi connectivity index (χ2n) is 18.5. The Kier molecular flexibility index (Phi) is 9.15. The Bertz CT molecular complexity index is 1510. The van der Waals surface area contributed by atoms with Crippen molar-refractivity contribution in [2.75, 3.05) is 7.11 Å². The van der Waals surface area contributed by atoms with Crippen LogP contribution in [0.2, 0.25) is 0 Å². The molecule has 1 heterocycles. The second-order valence-corrected chi connectivity index (χ2v) is 18.5. The molecular formula is C41H60O9. The standard InChI is InChI=1S/C41H60O9/c1-23-33(49-25(3)43)29(48-24(2)42)21-32(47-23)50-31-13-14-39(8)30(36(31,4)5)12-15-41(10)34(39)28(44)20-26-27-22-38(7,35(45)46-11)17-16-37(27,6)18-19-40(26,41)9/h20,22-23,29-34H,12-19,21H2,1-11H3/t23-,29-,30-,31-,32-,33-,34+,37+,38-,39-,40+,41+/m0/s1. The number of esters is 3. The summed E-state index contributed by atoms with van der Waals surface area (Å²) in [4.78, 5) is 51.6. The lowest BCUT2D eigenvalue weighted by Gasteiger charge is -2.69. The highest BCUT2D eigenvalue weighted by molar-refractivity contribution is 5.96. The van der Waals surface area contributed by atoms with Crippen LogP contribution >= 0.6 is 0 Å². The van der Waals surface area contributed by atoms with Gasteiger partial charge in [-0.25, -0.2) is 0 Å². The molecule has 0 aromatic rings. The molecule has 12 atom stereocenters. The number of rotatable bonds is 5. The van der Waals surface area contributed by atoms with Gasteiger partial charge >= 0.3 is 17.9 Å². The summed E-state index contributed by atoms with van der Waals surface area (Å²) in [7, 11) is 1.46. The first-order valence-corrected chi connectivity index (χ1v) is 18.9. The van der Waals surface area contributed by atoms with E-state index in [1.807, 2.05) is 19.9 Å². The van der Waals surface area contributed by atoms with E-state index in [4.69, 9.17) is 23.7 Å². The molecule has 0 unspecified atom stereocenters. The van der Waals surface area contributed by atoms with E-state index in [1.165, 1.54) is 26.5 Å². The van der Waals surface area contributed by atoms with Crippen LogP contribution < -0.4 is 0 Å². The Hall–Kier alpha value is -2.52. The van der Waals surface area contributed by atoms with Crippen LogP contribution in [-0.2, 0) is 42.9 Å². The number of methoxy groups -OCH3 is 1. The van der Waals surface area contributed by atoms with Gasteiger partial charge in [-0.05, 0) is 115 Å². The highest BCUT2D eigenvalue weighted by atomic mass is 16.7. The Morgan fingerprint density at radius 3 is 2.14 bits per heavy atom. The minimum Gasteiger partial charge on any atom is -0.468 e. The summed E-state index contributed by atoms with van der Waals surface area (Å²) in [5.41, 5.74) is 0.634. The number of hydrogen-bond acceptors (Lipinski definition) is 9. The molecule has 5 aliphatic carbocycles. The maximum Gasteiger partial charge on any atom is 0.315 e. The van der Waals surface area contributed by atoms with Gasteiger partial charge in [0, 0.05) is 26.2 Å². The number of fused-ring (bicyclic) bond motifs is 7. The quantitative estimate of drug-likeness (QED) is 0.164. The van der Waals surface area contributed by atoms with Crippen LogP contribution in [0, 0.1) is 44.3 Å². The number of ketones is 1. The SMILES string of the molecule is COC(=O)[C@]1(C)C=C2C3=CC(=O)[C@@H]4[C@@]5(C)CC[C@H](O[C@H]6C[C@H](OC(C)=O)[C@@H](OC(C)=O)[C@H](C)O6)C(C)(C)[C@@H]5CC[C@@]4(C)[C@]3(C)CC[C@@]2(C)CC1. The highest BCUT2D eigenvalue weighted by Crippen LogP contribution is 2.74. The number of hydrogen-bond donors (Lipinski definition) is 0. The molecule has 4 fully saturated rings. The molecule has 6 aliphatic rings. The van der Waals surface area contributed by atoms with Crippen molar-refractivity contribution in [2.45, 2.75) is 158 Å². The Balaban J connectivity index is 1.29. The van der Waals surface area contributed by atoms with Gasteiger partial charge in [0.05, 0.1) is 24.7 Å². The third-order valence-electron chi connectivity index (χ3n) is 15.1. The zero-order valence-corrected chi connectivity index (χ0v) is 32.2. The average molecular weight is 697 g/mol. The highest BCUT2D eigenvalue weighted by Gasteiger charge is 2.69. The maximum absolute atomic E-state index is 14.8. The predicted octanol–water partition coefficient (Wildman–Crippen LogP) is 7.44. The van der Waals surface area contributed by atoms with E-state index in [1.54, 1.807) is 0 Å². The molecule has 1 aliphatic heterocycles. The third-order valence-corrected chi connectivity index (χ3v) is 15.1. The van der Waals surface area contributed by atoms with Crippen LogP contribution in [0.5, 0.6) is 0 Å². The third kappa shape index (κ3) is 5.54. The lowest BCUT2D eigenvalue weighted by Crippen LogP contribution is -2.66. The summed E-state index contributed by atoms with van der Waals surface area (Å²) >= 11 is 0. The maximum atomic E-state index is 14.8. The summed E-state index contributed by atoms with van der Waals surface area (Å²) in [5, 5.41) is 0. The fourth-order valence-electron chi connectivity index (χ4n) is 12.2. The number of carbonyl (C=O) groups excluding carboxylic acids is 4. The second kappa shape index (κ2) is 12.3. The topological polar surface area (TPSA) is 114 Å². The van der Waals surface area contributed by atoms with E-state index < -0.39 is 42.0 Å². The first-order chi connectivity index (χ1) is 23.1. The molecule has 0 N–H and O–H groups in total. The monoisotopic (exact) mass is 696 g/mol. The fraction of sp³-hybridized carbons (Fsp3) is 0.805. The van der Waals surface area contributed by atoms with Crippen LogP contribution in [-0.4, -0.2) is 61.5 Å². The van der Waals surface area contributed by atoms with Crippen molar-refractivity contribution in [3.63, 3.8) is 0 Å². The van der Waals surface area contributed by atoms with E-state index in [0.717, 1.165) is 56.9 Å². The van der Waals surface area contributed by atoms with E-state index in [-0.39, 0.29) is 63.2 Å². The molecule has 9 nitrogen and oxygen atoms in total. The fourth-order valence-corrected chi connectivity index (χ4v) is 12.2. The molecule has 0 amide bonds. The van der Waals surface area contributed by atoms with Crippen molar-refractivity contribution in [1.29, 1.82) is 0 Å². The van der Waals surface area contributed by atoms with Crippen LogP contribution in [0.15, 0.2) is 23.3 Å². The van der Waals surface area contributed by atoms with Gasteiger partial charge in [0.2, 0.25) is 0 Å². The molecule has 0 spiro atoms. The summed E-state index contributed by atoms with van der Waals surface area (Å²) in [6.45, 7) is 20.5. The normalized spacial score (nSPS) is 46.5. The van der Waals surface area contributed by atoms with Gasteiger partial charge in [0.15, 0.2) is 18.2 Å². The van der Waals surface area contributed by atoms with Crippen molar-refractivity contribution in [2.24, 2.45) is 44.3 Å². The number of ether oxygens (including phenoxy) is 5. The average Bonchev–Trinajstić information content (AvgIpc) is 3.01. The molecule has 6 rings (SSSR count). The Morgan fingerprint density at radius 2 is 1.50 bits per heavy atom. The van der Waals surface area contributed by atoms with Crippen molar-refractivity contribution < 1.29 is 42.9 Å². The van der Waals surface area contributed by atoms with Gasteiger partial charge in [-0.2, -0.15) is 0 Å². The van der Waals surface area contributed by atoms with Gasteiger partial charge in [-0.15, -0.1) is 0 Å². The lowest BCUT2D eigenvalue weighted by molar-refractivity contribution is -0.292. The van der Waals surface area contributed by atoms with Crippen molar-refractivity contribution in [3.05, 3.63) is 23.3 Å². The van der Waals surface area contributed by atoms with E-state index in [2.05, 4.69) is 47.6 Å². The van der Waals surface area contributed by atoms with Crippen LogP contribution in [0.1, 0.15) is 127 Å². The zero-order valence-electron chi connectivity index (χ0n) is 32.2. The van der Waals surface area contributed by atoms with Gasteiger partial charge < -0.3 is 23.7 Å². The molecule has 3 saturated carbocycles. The number of carbonyl (C=O) groups is 4. The largest absolute Gasteiger partial charge is 0.468 e. The summed E-state index contributed by atoms with van der Waals surface area (Å²) in [6, 6.07) is 0. The van der Waals surface area contributed by atoms with E-state index in [0.29, 0.717) is 0 Å². The van der Waals surface area contributed by atoms with Crippen LogP contribution in [0.25, 0.3) is 0 Å². The van der Waals surface area contributed by atoms with Gasteiger partial charge in [-0.1, -0.05) is 47.6 Å². The van der Waals surface area contributed by atoms with Crippen molar-refractivity contribution in [3.8, 4) is 0 Å².